The number of aromatic amines is 1. The fourth-order valence-corrected chi connectivity index (χ4v) is 2.47. The van der Waals surface area contributed by atoms with Crippen molar-refractivity contribution in [1.82, 2.24) is 14.5 Å². The largest absolute Gasteiger partial charge is 0.392 e. The number of nitrogens with zero attached hydrogens (tertiary/aromatic N) is 2. The van der Waals surface area contributed by atoms with Crippen LogP contribution in [0.2, 0.25) is 0 Å². The maximum Gasteiger partial charge on any atom is 0.259 e. The summed E-state index contributed by atoms with van der Waals surface area (Å²) < 4.78 is 1.79. The van der Waals surface area contributed by atoms with E-state index in [-0.39, 0.29) is 5.56 Å². The minimum absolute atomic E-state index is 0.175. The maximum atomic E-state index is 12.3. The third kappa shape index (κ3) is 2.60. The monoisotopic (exact) mass is 283 g/mol. The van der Waals surface area contributed by atoms with Crippen LogP contribution < -0.4 is 5.56 Å². The van der Waals surface area contributed by atoms with Crippen LogP contribution in [-0.2, 0) is 6.54 Å². The summed E-state index contributed by atoms with van der Waals surface area (Å²) in [7, 11) is 0. The van der Waals surface area contributed by atoms with Crippen LogP contribution in [0.15, 0.2) is 41.5 Å². The van der Waals surface area contributed by atoms with Gasteiger partial charge in [0.05, 0.1) is 11.7 Å². The molecule has 21 heavy (non-hydrogen) atoms. The van der Waals surface area contributed by atoms with Crippen molar-refractivity contribution in [2.24, 2.45) is 0 Å². The Kier molecular flexibility index (Phi) is 3.35. The molecule has 3 aromatic rings. The van der Waals surface area contributed by atoms with E-state index in [9.17, 15) is 9.90 Å². The molecule has 2 aromatic heterocycles. The van der Waals surface area contributed by atoms with Crippen molar-refractivity contribution in [3.63, 3.8) is 0 Å². The Morgan fingerprint density at radius 3 is 2.95 bits per heavy atom. The smallest absolute Gasteiger partial charge is 0.259 e. The molecule has 0 aliphatic carbocycles. The van der Waals surface area contributed by atoms with Gasteiger partial charge in [0.15, 0.2) is 0 Å². The van der Waals surface area contributed by atoms with Crippen LogP contribution in [0.3, 0.4) is 0 Å². The van der Waals surface area contributed by atoms with Gasteiger partial charge in [-0.2, -0.15) is 0 Å². The normalized spacial score (nSPS) is 12.7. The van der Waals surface area contributed by atoms with E-state index in [0.29, 0.717) is 17.9 Å². The zero-order valence-electron chi connectivity index (χ0n) is 12.0. The SMILES string of the molecule is Cc1ccc2cc(-c3nccn3CC(C)O)c(=O)[nH]c2c1. The molecule has 1 atom stereocenters. The second-order valence-electron chi connectivity index (χ2n) is 5.36. The van der Waals surface area contributed by atoms with E-state index < -0.39 is 6.10 Å². The van der Waals surface area contributed by atoms with Crippen molar-refractivity contribution in [3.8, 4) is 11.4 Å². The van der Waals surface area contributed by atoms with Gasteiger partial charge >= 0.3 is 0 Å². The van der Waals surface area contributed by atoms with Crippen LogP contribution in [0.4, 0.5) is 0 Å². The molecule has 2 heterocycles. The first kappa shape index (κ1) is 13.6. The number of aryl methyl sites for hydroxylation is 1. The summed E-state index contributed by atoms with van der Waals surface area (Å²) in [4.78, 5) is 19.5. The van der Waals surface area contributed by atoms with Crippen LogP contribution in [0, 0.1) is 6.92 Å². The third-order valence-electron chi connectivity index (χ3n) is 3.42. The molecule has 108 valence electrons. The first-order valence-electron chi connectivity index (χ1n) is 6.88. The van der Waals surface area contributed by atoms with Crippen molar-refractivity contribution in [1.29, 1.82) is 0 Å². The molecule has 3 rings (SSSR count). The number of imidazole rings is 1. The van der Waals surface area contributed by atoms with Crippen LogP contribution in [-0.4, -0.2) is 25.7 Å². The number of rotatable bonds is 3. The van der Waals surface area contributed by atoms with Gasteiger partial charge in [-0.25, -0.2) is 4.98 Å². The molecule has 0 spiro atoms. The Labute approximate surface area is 121 Å². The molecule has 5 heteroatoms. The molecule has 0 saturated heterocycles. The first-order valence-corrected chi connectivity index (χ1v) is 6.88. The number of hydrogen-bond donors (Lipinski definition) is 2. The van der Waals surface area contributed by atoms with Gasteiger partial charge in [0.1, 0.15) is 5.82 Å². The Morgan fingerprint density at radius 1 is 1.38 bits per heavy atom. The minimum Gasteiger partial charge on any atom is -0.392 e. The molecule has 0 saturated carbocycles. The molecule has 2 N–H and O–H groups in total. The van der Waals surface area contributed by atoms with E-state index in [2.05, 4.69) is 9.97 Å². The fraction of sp³-hybridized carbons (Fsp3) is 0.250. The van der Waals surface area contributed by atoms with E-state index in [0.717, 1.165) is 16.5 Å². The summed E-state index contributed by atoms with van der Waals surface area (Å²) in [6.07, 6.45) is 2.90. The average Bonchev–Trinajstić information content (AvgIpc) is 2.85. The third-order valence-corrected chi connectivity index (χ3v) is 3.42. The van der Waals surface area contributed by atoms with Gasteiger partial charge in [0, 0.05) is 24.5 Å². The van der Waals surface area contributed by atoms with Crippen LogP contribution in [0.5, 0.6) is 0 Å². The van der Waals surface area contributed by atoms with Crippen molar-refractivity contribution < 1.29 is 5.11 Å². The highest BCUT2D eigenvalue weighted by Gasteiger charge is 2.12. The van der Waals surface area contributed by atoms with Gasteiger partial charge in [-0.05, 0) is 36.9 Å². The molecule has 0 aliphatic rings. The van der Waals surface area contributed by atoms with Gasteiger partial charge in [-0.15, -0.1) is 0 Å². The number of aliphatic hydroxyl groups is 1. The highest BCUT2D eigenvalue weighted by molar-refractivity contribution is 5.82. The molecular weight excluding hydrogens is 266 g/mol. The second-order valence-corrected chi connectivity index (χ2v) is 5.36. The number of aliphatic hydroxyl groups excluding tert-OH is 1. The molecule has 0 bridgehead atoms. The van der Waals surface area contributed by atoms with E-state index in [1.807, 2.05) is 31.2 Å². The quantitative estimate of drug-likeness (QED) is 0.773. The van der Waals surface area contributed by atoms with Crippen LogP contribution in [0.25, 0.3) is 22.3 Å². The number of fused-ring (bicyclic) bond motifs is 1. The molecule has 0 radical (unpaired) electrons. The molecule has 0 aliphatic heterocycles. The number of benzene rings is 1. The summed E-state index contributed by atoms with van der Waals surface area (Å²) in [6, 6.07) is 7.77. The molecule has 1 aromatic carbocycles. The van der Waals surface area contributed by atoms with Gasteiger partial charge in [-0.3, -0.25) is 4.79 Å². The number of nitrogens with one attached hydrogen (secondary N) is 1. The summed E-state index contributed by atoms with van der Waals surface area (Å²) in [5.41, 5.74) is 2.25. The van der Waals surface area contributed by atoms with Gasteiger partial charge in [0.25, 0.3) is 5.56 Å². The molecular formula is C16H17N3O2. The Hall–Kier alpha value is -2.40. The zero-order chi connectivity index (χ0) is 15.0. The van der Waals surface area contributed by atoms with Gasteiger partial charge in [0.2, 0.25) is 0 Å². The van der Waals surface area contributed by atoms with Crippen molar-refractivity contribution in [2.75, 3.05) is 0 Å². The van der Waals surface area contributed by atoms with E-state index in [4.69, 9.17) is 0 Å². The predicted octanol–water partition coefficient (Wildman–Crippen LogP) is 2.08. The number of pyridine rings is 1. The molecule has 1 unspecified atom stereocenters. The summed E-state index contributed by atoms with van der Waals surface area (Å²) in [5, 5.41) is 10.5. The van der Waals surface area contributed by atoms with Crippen LogP contribution >= 0.6 is 0 Å². The van der Waals surface area contributed by atoms with Crippen molar-refractivity contribution in [2.45, 2.75) is 26.5 Å². The number of aromatic nitrogens is 3. The molecule has 0 amide bonds. The summed E-state index contributed by atoms with van der Waals surface area (Å²) >= 11 is 0. The zero-order valence-corrected chi connectivity index (χ0v) is 12.0. The average molecular weight is 283 g/mol. The summed E-state index contributed by atoms with van der Waals surface area (Å²) in [5.74, 6) is 0.569. The van der Waals surface area contributed by atoms with Crippen LogP contribution in [0.1, 0.15) is 12.5 Å². The van der Waals surface area contributed by atoms with E-state index >= 15 is 0 Å². The van der Waals surface area contributed by atoms with Crippen molar-refractivity contribution >= 4 is 10.9 Å². The highest BCUT2D eigenvalue weighted by Crippen LogP contribution is 2.19. The lowest BCUT2D eigenvalue weighted by atomic mass is 10.1. The van der Waals surface area contributed by atoms with Crippen molar-refractivity contribution in [3.05, 3.63) is 52.6 Å². The lowest BCUT2D eigenvalue weighted by Gasteiger charge is -2.10. The van der Waals surface area contributed by atoms with E-state index in [1.54, 1.807) is 23.9 Å². The van der Waals surface area contributed by atoms with E-state index in [1.165, 1.54) is 0 Å². The topological polar surface area (TPSA) is 70.9 Å². The Balaban J connectivity index is 2.17. The lowest BCUT2D eigenvalue weighted by molar-refractivity contribution is 0.174. The molecule has 5 nitrogen and oxygen atoms in total. The lowest BCUT2D eigenvalue weighted by Crippen LogP contribution is -2.16. The number of hydrogen-bond acceptors (Lipinski definition) is 3. The predicted molar refractivity (Wildman–Crippen MR) is 82.2 cm³/mol. The first-order chi connectivity index (χ1) is 10.0. The highest BCUT2D eigenvalue weighted by atomic mass is 16.3. The van der Waals surface area contributed by atoms with Gasteiger partial charge in [-0.1, -0.05) is 12.1 Å². The van der Waals surface area contributed by atoms with Gasteiger partial charge < -0.3 is 14.7 Å². The molecule has 0 fully saturated rings. The Bertz CT molecular complexity index is 846. The number of H-pyrrole nitrogens is 1. The standard InChI is InChI=1S/C16H17N3O2/c1-10-3-4-12-8-13(16(21)18-14(12)7-10)15-17-5-6-19(15)9-11(2)20/h3-8,11,20H,9H2,1-2H3,(H,18,21). The Morgan fingerprint density at radius 2 is 2.19 bits per heavy atom. The summed E-state index contributed by atoms with van der Waals surface area (Å²) in [6.45, 7) is 4.10. The second kappa shape index (κ2) is 5.18. The maximum absolute atomic E-state index is 12.3. The minimum atomic E-state index is -0.500. The fourth-order valence-electron chi connectivity index (χ4n) is 2.47.